The van der Waals surface area contributed by atoms with E-state index in [2.05, 4.69) is 10.3 Å². The maximum absolute atomic E-state index is 12.1. The quantitative estimate of drug-likeness (QED) is 0.718. The first kappa shape index (κ1) is 17.7. The van der Waals surface area contributed by atoms with Gasteiger partial charge in [0.1, 0.15) is 0 Å². The molecule has 0 spiro atoms. The lowest BCUT2D eigenvalue weighted by Crippen LogP contribution is -2.27. The fraction of sp³-hybridized carbons (Fsp3) is 0.389. The van der Waals surface area contributed by atoms with Crippen LogP contribution >= 0.6 is 0 Å². The molecule has 1 N–H and O–H groups in total. The fourth-order valence-corrected chi connectivity index (χ4v) is 2.36. The van der Waals surface area contributed by atoms with Gasteiger partial charge in [-0.2, -0.15) is 0 Å². The second-order valence-corrected chi connectivity index (χ2v) is 5.65. The van der Waals surface area contributed by atoms with Crippen molar-refractivity contribution in [2.45, 2.75) is 32.2 Å². The van der Waals surface area contributed by atoms with Crippen molar-refractivity contribution in [3.8, 4) is 0 Å². The molecule has 0 aliphatic rings. The number of hydrogen-bond acceptors (Lipinski definition) is 3. The van der Waals surface area contributed by atoms with Gasteiger partial charge in [0.15, 0.2) is 0 Å². The molecule has 0 saturated carbocycles. The zero-order chi connectivity index (χ0) is 17.2. The van der Waals surface area contributed by atoms with Crippen LogP contribution in [-0.2, 0) is 16.1 Å². The number of carbonyl (C=O) groups is 2. The number of nitrogens with one attached hydrogen (secondary N) is 1. The van der Waals surface area contributed by atoms with Crippen LogP contribution < -0.4 is 10.2 Å². The Morgan fingerprint density at radius 2 is 1.96 bits per heavy atom. The molecule has 0 atom stereocenters. The van der Waals surface area contributed by atoms with Gasteiger partial charge < -0.3 is 14.8 Å². The number of aryl methyl sites for hydroxylation is 1. The molecule has 6 nitrogen and oxygen atoms in total. The minimum absolute atomic E-state index is 0.00389. The highest BCUT2D eigenvalue weighted by Gasteiger charge is 2.11. The Kier molecular flexibility index (Phi) is 7.01. The van der Waals surface area contributed by atoms with E-state index in [1.807, 2.05) is 41.1 Å². The van der Waals surface area contributed by atoms with Gasteiger partial charge in [0, 0.05) is 51.1 Å². The molecule has 2 rings (SSSR count). The fourth-order valence-electron chi connectivity index (χ4n) is 2.36. The Morgan fingerprint density at radius 1 is 1.17 bits per heavy atom. The minimum Gasteiger partial charge on any atom is -0.356 e. The van der Waals surface area contributed by atoms with E-state index in [9.17, 15) is 9.59 Å². The molecule has 24 heavy (non-hydrogen) atoms. The number of anilines is 1. The van der Waals surface area contributed by atoms with Gasteiger partial charge in [-0.1, -0.05) is 18.2 Å². The number of hydrogen-bond donors (Lipinski definition) is 1. The number of aromatic nitrogens is 2. The standard InChI is InChI=1S/C18H24N4O2/c1-21(16-7-3-2-4-8-16)18(24)10-5-9-17(23)20-11-6-13-22-14-12-19-15-22/h2-4,7-8,12,14-15H,5-6,9-11,13H2,1H3,(H,20,23). The summed E-state index contributed by atoms with van der Waals surface area (Å²) in [5.74, 6) is 0.0184. The molecule has 0 aliphatic heterocycles. The molecule has 0 saturated heterocycles. The SMILES string of the molecule is CN(C(=O)CCCC(=O)NCCCn1ccnc1)c1ccccc1. The maximum Gasteiger partial charge on any atom is 0.226 e. The molecule has 0 fully saturated rings. The highest BCUT2D eigenvalue weighted by atomic mass is 16.2. The third-order valence-electron chi connectivity index (χ3n) is 3.79. The Balaban J connectivity index is 1.57. The normalized spacial score (nSPS) is 10.4. The molecule has 2 amide bonds. The van der Waals surface area contributed by atoms with Gasteiger partial charge in [-0.15, -0.1) is 0 Å². The number of carbonyl (C=O) groups excluding carboxylic acids is 2. The Morgan fingerprint density at radius 3 is 2.67 bits per heavy atom. The van der Waals surface area contributed by atoms with E-state index < -0.39 is 0 Å². The molecule has 0 aliphatic carbocycles. The van der Waals surface area contributed by atoms with Gasteiger partial charge in [0.05, 0.1) is 6.33 Å². The summed E-state index contributed by atoms with van der Waals surface area (Å²) < 4.78 is 1.98. The van der Waals surface area contributed by atoms with E-state index in [-0.39, 0.29) is 11.8 Å². The van der Waals surface area contributed by atoms with Crippen LogP contribution in [0.15, 0.2) is 49.1 Å². The predicted molar refractivity (Wildman–Crippen MR) is 93.6 cm³/mol. The van der Waals surface area contributed by atoms with Crippen molar-refractivity contribution < 1.29 is 9.59 Å². The van der Waals surface area contributed by atoms with Gasteiger partial charge in [-0.3, -0.25) is 9.59 Å². The Labute approximate surface area is 142 Å². The average Bonchev–Trinajstić information content (AvgIpc) is 3.12. The van der Waals surface area contributed by atoms with Crippen molar-refractivity contribution in [1.29, 1.82) is 0 Å². The van der Waals surface area contributed by atoms with Gasteiger partial charge >= 0.3 is 0 Å². The summed E-state index contributed by atoms with van der Waals surface area (Å²) in [7, 11) is 1.76. The van der Waals surface area contributed by atoms with Crippen molar-refractivity contribution >= 4 is 17.5 Å². The number of imidazole rings is 1. The number of benzene rings is 1. The smallest absolute Gasteiger partial charge is 0.226 e. The number of para-hydroxylation sites is 1. The Hall–Kier alpha value is -2.63. The monoisotopic (exact) mass is 328 g/mol. The summed E-state index contributed by atoms with van der Waals surface area (Å²) in [6.07, 6.45) is 7.56. The van der Waals surface area contributed by atoms with Crippen LogP contribution in [0.5, 0.6) is 0 Å². The lowest BCUT2D eigenvalue weighted by Gasteiger charge is -2.17. The van der Waals surface area contributed by atoms with Crippen LogP contribution in [0.4, 0.5) is 5.69 Å². The van der Waals surface area contributed by atoms with E-state index in [1.54, 1.807) is 24.5 Å². The topological polar surface area (TPSA) is 67.2 Å². The maximum atomic E-state index is 12.1. The molecule has 0 radical (unpaired) electrons. The van der Waals surface area contributed by atoms with Crippen LogP contribution in [0.2, 0.25) is 0 Å². The van der Waals surface area contributed by atoms with Crippen LogP contribution in [0.1, 0.15) is 25.7 Å². The highest BCUT2D eigenvalue weighted by Crippen LogP contribution is 2.13. The average molecular weight is 328 g/mol. The Bertz CT molecular complexity index is 626. The molecule has 1 aromatic heterocycles. The van der Waals surface area contributed by atoms with Crippen LogP contribution in [0, 0.1) is 0 Å². The molecular formula is C18H24N4O2. The summed E-state index contributed by atoms with van der Waals surface area (Å²) in [6, 6.07) is 9.50. The second kappa shape index (κ2) is 9.50. The van der Waals surface area contributed by atoms with E-state index in [4.69, 9.17) is 0 Å². The molecule has 128 valence electrons. The first-order valence-electron chi connectivity index (χ1n) is 8.21. The third-order valence-corrected chi connectivity index (χ3v) is 3.79. The van der Waals surface area contributed by atoms with Crippen molar-refractivity contribution in [2.24, 2.45) is 0 Å². The van der Waals surface area contributed by atoms with Gasteiger partial charge in [-0.05, 0) is 25.0 Å². The molecule has 2 aromatic rings. The largest absolute Gasteiger partial charge is 0.356 e. The van der Waals surface area contributed by atoms with E-state index >= 15 is 0 Å². The van der Waals surface area contributed by atoms with Crippen molar-refractivity contribution in [2.75, 3.05) is 18.5 Å². The highest BCUT2D eigenvalue weighted by molar-refractivity contribution is 5.92. The molecule has 0 unspecified atom stereocenters. The first-order chi connectivity index (χ1) is 11.7. The molecular weight excluding hydrogens is 304 g/mol. The number of rotatable bonds is 9. The summed E-state index contributed by atoms with van der Waals surface area (Å²) in [6.45, 7) is 1.47. The molecule has 1 aromatic carbocycles. The zero-order valence-electron chi connectivity index (χ0n) is 14.0. The lowest BCUT2D eigenvalue weighted by atomic mass is 10.2. The van der Waals surface area contributed by atoms with Crippen molar-refractivity contribution in [1.82, 2.24) is 14.9 Å². The van der Waals surface area contributed by atoms with E-state index in [0.29, 0.717) is 25.8 Å². The molecule has 0 bridgehead atoms. The summed E-state index contributed by atoms with van der Waals surface area (Å²) in [5, 5.41) is 2.88. The summed E-state index contributed by atoms with van der Waals surface area (Å²) >= 11 is 0. The van der Waals surface area contributed by atoms with E-state index in [1.165, 1.54) is 0 Å². The van der Waals surface area contributed by atoms with Crippen LogP contribution in [0.25, 0.3) is 0 Å². The summed E-state index contributed by atoms with van der Waals surface area (Å²) in [5.41, 5.74) is 0.867. The van der Waals surface area contributed by atoms with Crippen LogP contribution in [0.3, 0.4) is 0 Å². The van der Waals surface area contributed by atoms with E-state index in [0.717, 1.165) is 18.7 Å². The third kappa shape index (κ3) is 5.87. The second-order valence-electron chi connectivity index (χ2n) is 5.65. The number of amides is 2. The van der Waals surface area contributed by atoms with Crippen molar-refractivity contribution in [3.63, 3.8) is 0 Å². The predicted octanol–water partition coefficient (Wildman–Crippen LogP) is 2.22. The first-order valence-corrected chi connectivity index (χ1v) is 8.21. The van der Waals surface area contributed by atoms with Gasteiger partial charge in [0.25, 0.3) is 0 Å². The molecule has 6 heteroatoms. The van der Waals surface area contributed by atoms with Crippen molar-refractivity contribution in [3.05, 3.63) is 49.1 Å². The zero-order valence-corrected chi connectivity index (χ0v) is 14.0. The lowest BCUT2D eigenvalue weighted by molar-refractivity contribution is -0.121. The van der Waals surface area contributed by atoms with Crippen LogP contribution in [-0.4, -0.2) is 35.0 Å². The summed E-state index contributed by atoms with van der Waals surface area (Å²) in [4.78, 5) is 29.5. The minimum atomic E-state index is -0.00389. The molecule has 1 heterocycles. The number of nitrogens with zero attached hydrogens (tertiary/aromatic N) is 3. The van der Waals surface area contributed by atoms with Gasteiger partial charge in [-0.25, -0.2) is 4.98 Å². The van der Waals surface area contributed by atoms with Gasteiger partial charge in [0.2, 0.25) is 11.8 Å².